The van der Waals surface area contributed by atoms with E-state index in [9.17, 15) is 14.4 Å². The Morgan fingerprint density at radius 2 is 1.81 bits per heavy atom. The monoisotopic (exact) mass is 359 g/mol. The Hall–Kier alpha value is -2.41. The number of carbonyl (C=O) groups excluding carboxylic acids is 3. The molecule has 2 fully saturated rings. The Bertz CT molecular complexity index is 698. The number of imide groups is 1. The maximum absolute atomic E-state index is 13.1. The molecule has 2 heterocycles. The average molecular weight is 359 g/mol. The van der Waals surface area contributed by atoms with Gasteiger partial charge in [0.25, 0.3) is 5.91 Å². The van der Waals surface area contributed by atoms with Crippen molar-refractivity contribution in [2.24, 2.45) is 0 Å². The van der Waals surface area contributed by atoms with Crippen LogP contribution in [-0.4, -0.2) is 59.5 Å². The zero-order valence-corrected chi connectivity index (χ0v) is 15.4. The van der Waals surface area contributed by atoms with Crippen molar-refractivity contribution < 1.29 is 19.1 Å². The average Bonchev–Trinajstić information content (AvgIpc) is 2.86. The topological polar surface area (TPSA) is 79.0 Å². The highest BCUT2D eigenvalue weighted by Gasteiger charge is 2.51. The molecule has 0 aliphatic carbocycles. The molecule has 1 N–H and O–H groups in total. The predicted octanol–water partition coefficient (Wildman–Crippen LogP) is 1.48. The first-order valence-corrected chi connectivity index (χ1v) is 9.00. The summed E-state index contributed by atoms with van der Waals surface area (Å²) in [6.07, 6.45) is 0.285. The van der Waals surface area contributed by atoms with Gasteiger partial charge in [-0.1, -0.05) is 37.3 Å². The molecule has 0 spiro atoms. The minimum Gasteiger partial charge on any atom is -0.372 e. The number of ether oxygens (including phenoxy) is 1. The second-order valence-electron chi connectivity index (χ2n) is 7.00. The lowest BCUT2D eigenvalue weighted by molar-refractivity contribution is -0.147. The van der Waals surface area contributed by atoms with Crippen LogP contribution in [0.3, 0.4) is 0 Å². The van der Waals surface area contributed by atoms with E-state index < -0.39 is 11.6 Å². The molecule has 7 heteroatoms. The summed E-state index contributed by atoms with van der Waals surface area (Å²) in [6.45, 7) is 6.33. The van der Waals surface area contributed by atoms with Crippen molar-refractivity contribution in [1.82, 2.24) is 15.1 Å². The number of amides is 4. The van der Waals surface area contributed by atoms with Gasteiger partial charge in [-0.3, -0.25) is 14.5 Å². The minimum atomic E-state index is -1.11. The van der Waals surface area contributed by atoms with Crippen molar-refractivity contribution >= 4 is 17.8 Å². The summed E-state index contributed by atoms with van der Waals surface area (Å²) >= 11 is 0. The molecule has 2 aliphatic rings. The van der Waals surface area contributed by atoms with Gasteiger partial charge in [0.15, 0.2) is 0 Å². The molecule has 1 aromatic carbocycles. The summed E-state index contributed by atoms with van der Waals surface area (Å²) < 4.78 is 5.63. The first kappa shape index (κ1) is 18.4. The maximum atomic E-state index is 13.1. The fourth-order valence-corrected chi connectivity index (χ4v) is 3.75. The summed E-state index contributed by atoms with van der Waals surface area (Å²) in [7, 11) is 0. The summed E-state index contributed by atoms with van der Waals surface area (Å²) in [6, 6.07) is 8.63. The number of urea groups is 1. The van der Waals surface area contributed by atoms with Crippen molar-refractivity contribution in [3.63, 3.8) is 0 Å². The van der Waals surface area contributed by atoms with E-state index in [2.05, 4.69) is 5.32 Å². The fraction of sp³-hybridized carbons (Fsp3) is 0.526. The van der Waals surface area contributed by atoms with Gasteiger partial charge < -0.3 is 15.0 Å². The molecule has 1 aromatic rings. The van der Waals surface area contributed by atoms with Crippen LogP contribution in [0.25, 0.3) is 0 Å². The van der Waals surface area contributed by atoms with Gasteiger partial charge in [0, 0.05) is 13.1 Å². The minimum absolute atomic E-state index is 0.0649. The van der Waals surface area contributed by atoms with Crippen molar-refractivity contribution in [1.29, 1.82) is 0 Å². The SMILES string of the molecule is CC[C@@]1(c2ccccc2)NC(=O)N(CC(=O)N2C[C@@H](C)O[C@H](C)C2)C1=O. The number of hydrogen-bond donors (Lipinski definition) is 1. The Kier molecular flexibility index (Phi) is 5.00. The van der Waals surface area contributed by atoms with Crippen LogP contribution >= 0.6 is 0 Å². The molecule has 2 saturated heterocycles. The highest BCUT2D eigenvalue weighted by Crippen LogP contribution is 2.32. The molecule has 0 saturated carbocycles. The van der Waals surface area contributed by atoms with E-state index in [1.807, 2.05) is 51.1 Å². The van der Waals surface area contributed by atoms with E-state index in [1.165, 1.54) is 0 Å². The number of rotatable bonds is 4. The van der Waals surface area contributed by atoms with E-state index in [0.717, 1.165) is 10.5 Å². The van der Waals surface area contributed by atoms with Crippen LogP contribution in [0.5, 0.6) is 0 Å². The van der Waals surface area contributed by atoms with Crippen LogP contribution < -0.4 is 5.32 Å². The van der Waals surface area contributed by atoms with Crippen LogP contribution in [-0.2, 0) is 19.9 Å². The van der Waals surface area contributed by atoms with E-state index in [0.29, 0.717) is 19.5 Å². The zero-order chi connectivity index (χ0) is 18.9. The highest BCUT2D eigenvalue weighted by molar-refractivity contribution is 6.09. The maximum Gasteiger partial charge on any atom is 0.325 e. The molecule has 0 bridgehead atoms. The van der Waals surface area contributed by atoms with Gasteiger partial charge in [-0.25, -0.2) is 4.79 Å². The zero-order valence-electron chi connectivity index (χ0n) is 15.4. The van der Waals surface area contributed by atoms with E-state index in [4.69, 9.17) is 4.74 Å². The largest absolute Gasteiger partial charge is 0.372 e. The Labute approximate surface area is 153 Å². The van der Waals surface area contributed by atoms with Gasteiger partial charge in [-0.15, -0.1) is 0 Å². The molecular weight excluding hydrogens is 334 g/mol. The van der Waals surface area contributed by atoms with Gasteiger partial charge >= 0.3 is 6.03 Å². The summed E-state index contributed by atoms with van der Waals surface area (Å²) in [5, 5.41) is 2.80. The van der Waals surface area contributed by atoms with Crippen LogP contribution in [0, 0.1) is 0 Å². The summed E-state index contributed by atoms with van der Waals surface area (Å²) in [4.78, 5) is 40.9. The molecular formula is C19H25N3O4. The number of nitrogens with one attached hydrogen (secondary N) is 1. The van der Waals surface area contributed by atoms with Gasteiger partial charge in [0.1, 0.15) is 12.1 Å². The number of nitrogens with zero attached hydrogens (tertiary/aromatic N) is 2. The second-order valence-corrected chi connectivity index (χ2v) is 7.00. The molecule has 4 amide bonds. The molecule has 26 heavy (non-hydrogen) atoms. The summed E-state index contributed by atoms with van der Waals surface area (Å²) in [5.74, 6) is -0.616. The van der Waals surface area contributed by atoms with Crippen molar-refractivity contribution in [3.8, 4) is 0 Å². The van der Waals surface area contributed by atoms with Crippen LogP contribution in [0.1, 0.15) is 32.8 Å². The second kappa shape index (κ2) is 7.07. The van der Waals surface area contributed by atoms with Crippen LogP contribution in [0.4, 0.5) is 4.79 Å². The highest BCUT2D eigenvalue weighted by atomic mass is 16.5. The molecule has 0 unspecified atom stereocenters. The van der Waals surface area contributed by atoms with Gasteiger partial charge in [0.2, 0.25) is 5.91 Å². The normalized spacial score (nSPS) is 29.0. The van der Waals surface area contributed by atoms with Crippen molar-refractivity contribution in [2.75, 3.05) is 19.6 Å². The number of hydrogen-bond acceptors (Lipinski definition) is 4. The quantitative estimate of drug-likeness (QED) is 0.826. The number of morpholine rings is 1. The molecule has 2 aliphatic heterocycles. The molecule has 0 radical (unpaired) electrons. The number of carbonyl (C=O) groups is 3. The summed E-state index contributed by atoms with van der Waals surface area (Å²) in [5.41, 5.74) is -0.381. The Morgan fingerprint density at radius 3 is 2.38 bits per heavy atom. The lowest BCUT2D eigenvalue weighted by atomic mass is 9.87. The number of benzene rings is 1. The van der Waals surface area contributed by atoms with E-state index in [-0.39, 0.29) is 30.6 Å². The van der Waals surface area contributed by atoms with Gasteiger partial charge in [-0.05, 0) is 25.8 Å². The van der Waals surface area contributed by atoms with Crippen LogP contribution in [0.2, 0.25) is 0 Å². The molecule has 0 aromatic heterocycles. The third kappa shape index (κ3) is 3.19. The first-order valence-electron chi connectivity index (χ1n) is 9.00. The fourth-order valence-electron chi connectivity index (χ4n) is 3.75. The van der Waals surface area contributed by atoms with Gasteiger partial charge in [-0.2, -0.15) is 0 Å². The molecule has 3 rings (SSSR count). The lowest BCUT2D eigenvalue weighted by Crippen LogP contribution is -2.52. The smallest absolute Gasteiger partial charge is 0.325 e. The van der Waals surface area contributed by atoms with Gasteiger partial charge in [0.05, 0.1) is 12.2 Å². The van der Waals surface area contributed by atoms with Crippen molar-refractivity contribution in [2.45, 2.75) is 44.9 Å². The Morgan fingerprint density at radius 1 is 1.19 bits per heavy atom. The molecule has 3 atom stereocenters. The van der Waals surface area contributed by atoms with Crippen LogP contribution in [0.15, 0.2) is 30.3 Å². The third-order valence-electron chi connectivity index (χ3n) is 5.04. The Balaban J connectivity index is 1.78. The van der Waals surface area contributed by atoms with E-state index >= 15 is 0 Å². The predicted molar refractivity (Wildman–Crippen MR) is 95.2 cm³/mol. The molecule has 140 valence electrons. The third-order valence-corrected chi connectivity index (χ3v) is 5.04. The standard InChI is InChI=1S/C19H25N3O4/c1-4-19(15-8-6-5-7-9-15)17(24)22(18(25)20-19)12-16(23)21-10-13(2)26-14(3)11-21/h5-9,13-14H,4,10-12H2,1-3H3,(H,20,25)/t13-,14-,19+/m1/s1. The first-order chi connectivity index (χ1) is 12.4. The van der Waals surface area contributed by atoms with E-state index in [1.54, 1.807) is 4.90 Å². The molecule has 7 nitrogen and oxygen atoms in total. The van der Waals surface area contributed by atoms with Crippen molar-refractivity contribution in [3.05, 3.63) is 35.9 Å². The lowest BCUT2D eigenvalue weighted by Gasteiger charge is -2.35.